The molecule has 3 N–H and O–H groups in total. The summed E-state index contributed by atoms with van der Waals surface area (Å²) in [5.41, 5.74) is 3.37. The molecule has 1 atom stereocenters. The molecule has 1 unspecified atom stereocenters. The highest BCUT2D eigenvalue weighted by atomic mass is 19.1. The second kappa shape index (κ2) is 6.40. The molecule has 0 heterocycles. The molecule has 0 aliphatic heterocycles. The molecule has 0 amide bonds. The molecule has 0 bridgehead atoms. The lowest BCUT2D eigenvalue weighted by Gasteiger charge is -2.24. The number of hydrogen-bond acceptors (Lipinski definition) is 5. The number of nitrogens with two attached hydrogens (primary N) is 1. The Kier molecular flexibility index (Phi) is 5.14. The first kappa shape index (κ1) is 15.3. The summed E-state index contributed by atoms with van der Waals surface area (Å²) >= 11 is 0. The van der Waals surface area contributed by atoms with Crippen molar-refractivity contribution in [1.82, 2.24) is 0 Å². The first-order chi connectivity index (χ1) is 8.99. The van der Waals surface area contributed by atoms with E-state index in [1.165, 1.54) is 12.1 Å². The molecule has 19 heavy (non-hydrogen) atoms. The highest BCUT2D eigenvalue weighted by Gasteiger charge is 2.39. The van der Waals surface area contributed by atoms with E-state index in [0.717, 1.165) is 6.07 Å². The van der Waals surface area contributed by atoms with Crippen molar-refractivity contribution >= 4 is 12.3 Å². The van der Waals surface area contributed by atoms with Crippen molar-refractivity contribution in [1.29, 1.82) is 0 Å². The number of hydrogen-bond donors (Lipinski definition) is 2. The van der Waals surface area contributed by atoms with Crippen LogP contribution in [0.5, 0.6) is 0 Å². The van der Waals surface area contributed by atoms with Crippen molar-refractivity contribution in [3.63, 3.8) is 0 Å². The zero-order chi connectivity index (χ0) is 14.5. The van der Waals surface area contributed by atoms with Gasteiger partial charge in [0.25, 0.3) is 0 Å². The van der Waals surface area contributed by atoms with Gasteiger partial charge in [0, 0.05) is 18.5 Å². The smallest absolute Gasteiger partial charge is 0.343 e. The second-order valence-corrected chi connectivity index (χ2v) is 3.96. The van der Waals surface area contributed by atoms with Crippen LogP contribution in [0.25, 0.3) is 0 Å². The van der Waals surface area contributed by atoms with Gasteiger partial charge in [0.05, 0.1) is 6.61 Å². The minimum absolute atomic E-state index is 0.00235. The Morgan fingerprint density at radius 1 is 1.58 bits per heavy atom. The van der Waals surface area contributed by atoms with E-state index in [-0.39, 0.29) is 24.3 Å². The van der Waals surface area contributed by atoms with Crippen molar-refractivity contribution < 1.29 is 23.8 Å². The van der Waals surface area contributed by atoms with Gasteiger partial charge in [-0.25, -0.2) is 9.18 Å². The summed E-state index contributed by atoms with van der Waals surface area (Å²) in [4.78, 5) is 22.4. The van der Waals surface area contributed by atoms with Crippen molar-refractivity contribution in [2.24, 2.45) is 5.73 Å². The van der Waals surface area contributed by atoms with Crippen LogP contribution in [-0.2, 0) is 26.5 Å². The van der Waals surface area contributed by atoms with Crippen LogP contribution in [0.1, 0.15) is 24.5 Å². The molecular formula is C13H16FNO4. The molecule has 5 nitrogen and oxygen atoms in total. The van der Waals surface area contributed by atoms with Gasteiger partial charge < -0.3 is 20.4 Å². The maximum absolute atomic E-state index is 13.6. The maximum Gasteiger partial charge on any atom is 0.343 e. The Labute approximate surface area is 110 Å². The molecule has 1 aromatic carbocycles. The fourth-order valence-electron chi connectivity index (χ4n) is 1.66. The number of aliphatic hydroxyl groups is 1. The average molecular weight is 269 g/mol. The van der Waals surface area contributed by atoms with Gasteiger partial charge in [-0.3, -0.25) is 0 Å². The summed E-state index contributed by atoms with van der Waals surface area (Å²) in [6.07, 6.45) is -0.126. The summed E-state index contributed by atoms with van der Waals surface area (Å²) in [5, 5.41) is 10.3. The largest absolute Gasteiger partial charge is 0.464 e. The number of aldehydes is 1. The van der Waals surface area contributed by atoms with Crippen LogP contribution in [0.4, 0.5) is 4.39 Å². The summed E-state index contributed by atoms with van der Waals surface area (Å²) in [7, 11) is 0. The Balaban J connectivity index is 3.21. The van der Waals surface area contributed by atoms with Crippen LogP contribution in [0, 0.1) is 5.82 Å². The lowest BCUT2D eigenvalue weighted by molar-refractivity contribution is -0.167. The fraction of sp³-hybridized carbons (Fsp3) is 0.385. The Morgan fingerprint density at radius 3 is 2.74 bits per heavy atom. The predicted molar refractivity (Wildman–Crippen MR) is 65.5 cm³/mol. The summed E-state index contributed by atoms with van der Waals surface area (Å²) in [6.45, 7) is 1.61. The van der Waals surface area contributed by atoms with Gasteiger partial charge in [0.1, 0.15) is 12.1 Å². The van der Waals surface area contributed by atoms with E-state index in [2.05, 4.69) is 0 Å². The van der Waals surface area contributed by atoms with Gasteiger partial charge in [0.15, 0.2) is 5.60 Å². The zero-order valence-corrected chi connectivity index (χ0v) is 10.6. The number of halogens is 1. The van der Waals surface area contributed by atoms with Gasteiger partial charge >= 0.3 is 5.97 Å². The summed E-state index contributed by atoms with van der Waals surface area (Å²) < 4.78 is 18.4. The van der Waals surface area contributed by atoms with E-state index < -0.39 is 23.8 Å². The number of ether oxygens (including phenoxy) is 1. The van der Waals surface area contributed by atoms with Gasteiger partial charge in [-0.15, -0.1) is 0 Å². The Hall–Kier alpha value is -1.79. The molecule has 6 heteroatoms. The van der Waals surface area contributed by atoms with Crippen LogP contribution in [0.15, 0.2) is 18.2 Å². The van der Waals surface area contributed by atoms with Crippen LogP contribution in [-0.4, -0.2) is 24.0 Å². The maximum atomic E-state index is 13.6. The lowest BCUT2D eigenvalue weighted by atomic mass is 9.90. The number of benzene rings is 1. The molecule has 1 rings (SSSR count). The normalized spacial score (nSPS) is 13.7. The van der Waals surface area contributed by atoms with Crippen LogP contribution in [0.3, 0.4) is 0 Å². The van der Waals surface area contributed by atoms with E-state index in [0.29, 0.717) is 6.29 Å². The molecule has 0 spiro atoms. The summed E-state index contributed by atoms with van der Waals surface area (Å²) in [6, 6.07) is 3.70. The van der Waals surface area contributed by atoms with Crippen molar-refractivity contribution in [3.05, 3.63) is 35.1 Å². The third-order valence-electron chi connectivity index (χ3n) is 2.74. The molecule has 0 radical (unpaired) electrons. The van der Waals surface area contributed by atoms with Gasteiger partial charge in [-0.05, 0) is 18.6 Å². The molecule has 0 aromatic heterocycles. The minimum atomic E-state index is -2.17. The fourth-order valence-corrected chi connectivity index (χ4v) is 1.66. The van der Waals surface area contributed by atoms with Gasteiger partial charge in [-0.1, -0.05) is 12.1 Å². The van der Waals surface area contributed by atoms with Crippen molar-refractivity contribution in [2.45, 2.75) is 25.5 Å². The predicted octanol–water partition coefficient (Wildman–Crippen LogP) is 0.624. The van der Waals surface area contributed by atoms with Crippen molar-refractivity contribution in [2.75, 3.05) is 6.61 Å². The number of esters is 1. The molecule has 0 saturated heterocycles. The quantitative estimate of drug-likeness (QED) is 0.584. The zero-order valence-electron chi connectivity index (χ0n) is 10.6. The molecular weight excluding hydrogens is 253 g/mol. The van der Waals surface area contributed by atoms with Crippen LogP contribution in [0.2, 0.25) is 0 Å². The average Bonchev–Trinajstić information content (AvgIpc) is 2.39. The van der Waals surface area contributed by atoms with E-state index in [1.54, 1.807) is 6.92 Å². The first-order valence-corrected chi connectivity index (χ1v) is 5.81. The van der Waals surface area contributed by atoms with Crippen LogP contribution < -0.4 is 5.73 Å². The molecule has 104 valence electrons. The van der Waals surface area contributed by atoms with Crippen LogP contribution >= 0.6 is 0 Å². The monoisotopic (exact) mass is 269 g/mol. The number of carbonyl (C=O) groups is 2. The molecule has 0 saturated carbocycles. The van der Waals surface area contributed by atoms with Crippen molar-refractivity contribution in [3.8, 4) is 0 Å². The third kappa shape index (κ3) is 3.15. The van der Waals surface area contributed by atoms with E-state index in [9.17, 15) is 19.1 Å². The Bertz CT molecular complexity index is 478. The minimum Gasteiger partial charge on any atom is -0.464 e. The summed E-state index contributed by atoms with van der Waals surface area (Å²) in [5.74, 6) is -1.63. The third-order valence-corrected chi connectivity index (χ3v) is 2.74. The van der Waals surface area contributed by atoms with E-state index >= 15 is 0 Å². The van der Waals surface area contributed by atoms with E-state index in [4.69, 9.17) is 10.5 Å². The molecule has 0 aliphatic rings. The highest BCUT2D eigenvalue weighted by Crippen LogP contribution is 2.27. The topological polar surface area (TPSA) is 89.6 Å². The number of carbonyl (C=O) groups excluding carboxylic acids is 2. The van der Waals surface area contributed by atoms with E-state index in [1.807, 2.05) is 0 Å². The van der Waals surface area contributed by atoms with Gasteiger partial charge in [-0.2, -0.15) is 0 Å². The molecule has 0 aliphatic carbocycles. The molecule has 1 aromatic rings. The Morgan fingerprint density at radius 2 is 2.26 bits per heavy atom. The highest BCUT2D eigenvalue weighted by molar-refractivity contribution is 5.84. The number of rotatable bonds is 6. The second-order valence-electron chi connectivity index (χ2n) is 3.96. The first-order valence-electron chi connectivity index (χ1n) is 5.81. The van der Waals surface area contributed by atoms with Gasteiger partial charge in [0.2, 0.25) is 0 Å². The molecule has 0 fully saturated rings. The lowest BCUT2D eigenvalue weighted by Crippen LogP contribution is -2.38. The SMILES string of the molecule is CCOC(=O)C(O)(CC=O)c1ccc(CN)c(F)c1. The standard InChI is InChI=1S/C13H16FNO4/c1-2-19-12(17)13(18,5-6-16)10-4-3-9(8-15)11(14)7-10/h3-4,6-7,18H,2,5,8,15H2,1H3.